The van der Waals surface area contributed by atoms with Gasteiger partial charge in [-0.3, -0.25) is 4.79 Å². The van der Waals surface area contributed by atoms with Crippen molar-refractivity contribution >= 4 is 5.91 Å². The fraction of sp³-hybridized carbons (Fsp3) is 0.375. The Balaban J connectivity index is 3.17. The first-order valence-corrected chi connectivity index (χ1v) is 9.54. The van der Waals surface area contributed by atoms with Gasteiger partial charge in [0.2, 0.25) is 5.91 Å². The Morgan fingerprint density at radius 3 is 2.48 bits per heavy atom. The van der Waals surface area contributed by atoms with Gasteiger partial charge in [-0.05, 0) is 51.3 Å². The number of carbonyl (C=O) groups is 1. The van der Waals surface area contributed by atoms with Crippen LogP contribution in [-0.2, 0) is 4.79 Å². The molecule has 2 atom stereocenters. The molecule has 1 rings (SSSR count). The normalized spacial score (nSPS) is 14.5. The van der Waals surface area contributed by atoms with Gasteiger partial charge in [0, 0.05) is 17.2 Å². The maximum atomic E-state index is 13.7. The predicted octanol–water partition coefficient (Wildman–Crippen LogP) is 4.68. The van der Waals surface area contributed by atoms with E-state index >= 15 is 0 Å². The molecule has 0 spiro atoms. The quantitative estimate of drug-likeness (QED) is 0.396. The Morgan fingerprint density at radius 2 is 1.97 bits per heavy atom. The lowest BCUT2D eigenvalue weighted by molar-refractivity contribution is -0.120. The summed E-state index contributed by atoms with van der Waals surface area (Å²) in [6.07, 6.45) is 5.54. The zero-order chi connectivity index (χ0) is 22.2. The zero-order valence-electron chi connectivity index (χ0n) is 17.6. The van der Waals surface area contributed by atoms with Crippen molar-refractivity contribution in [3.63, 3.8) is 0 Å². The van der Waals surface area contributed by atoms with E-state index in [9.17, 15) is 18.7 Å². The van der Waals surface area contributed by atoms with E-state index in [4.69, 9.17) is 0 Å². The van der Waals surface area contributed by atoms with Crippen molar-refractivity contribution in [2.24, 2.45) is 5.92 Å². The molecular formula is C24H29F2NO2. The molecule has 1 aromatic carbocycles. The minimum Gasteiger partial charge on any atom is -0.388 e. The van der Waals surface area contributed by atoms with E-state index < -0.39 is 23.3 Å². The molecule has 29 heavy (non-hydrogen) atoms. The van der Waals surface area contributed by atoms with Crippen LogP contribution < -0.4 is 5.32 Å². The Bertz CT molecular complexity index is 867. The summed E-state index contributed by atoms with van der Waals surface area (Å²) >= 11 is 0. The minimum absolute atomic E-state index is 0.0196. The van der Waals surface area contributed by atoms with E-state index in [1.807, 2.05) is 13.8 Å². The van der Waals surface area contributed by atoms with Crippen LogP contribution in [0.25, 0.3) is 0 Å². The molecule has 2 unspecified atom stereocenters. The molecule has 2 N–H and O–H groups in total. The van der Waals surface area contributed by atoms with Crippen LogP contribution in [0.5, 0.6) is 0 Å². The summed E-state index contributed by atoms with van der Waals surface area (Å²) in [6, 6.07) is 2.74. The summed E-state index contributed by atoms with van der Waals surface area (Å²) in [4.78, 5) is 12.7. The number of hydrogen-bond donors (Lipinski definition) is 2. The van der Waals surface area contributed by atoms with Gasteiger partial charge in [-0.15, -0.1) is 0 Å². The van der Waals surface area contributed by atoms with Crippen LogP contribution in [0, 0.1) is 29.4 Å². The van der Waals surface area contributed by atoms with Crippen molar-refractivity contribution < 1.29 is 18.7 Å². The van der Waals surface area contributed by atoms with Crippen molar-refractivity contribution in [1.29, 1.82) is 0 Å². The lowest BCUT2D eigenvalue weighted by atomic mass is 9.95. The fourth-order valence-corrected chi connectivity index (χ4v) is 2.21. The molecule has 0 bridgehead atoms. The summed E-state index contributed by atoms with van der Waals surface area (Å²) in [7, 11) is 0. The minimum atomic E-state index is -1.05. The van der Waals surface area contributed by atoms with Gasteiger partial charge in [0.25, 0.3) is 0 Å². The first-order chi connectivity index (χ1) is 13.5. The average Bonchev–Trinajstić information content (AvgIpc) is 2.64. The number of halogens is 2. The van der Waals surface area contributed by atoms with E-state index in [0.717, 1.165) is 18.6 Å². The van der Waals surface area contributed by atoms with Gasteiger partial charge in [-0.25, -0.2) is 8.78 Å². The highest BCUT2D eigenvalue weighted by Crippen LogP contribution is 2.17. The first kappa shape index (κ1) is 24.3. The monoisotopic (exact) mass is 401 g/mol. The Morgan fingerprint density at radius 1 is 1.31 bits per heavy atom. The first-order valence-electron chi connectivity index (χ1n) is 9.54. The van der Waals surface area contributed by atoms with Crippen molar-refractivity contribution in [2.75, 3.05) is 0 Å². The molecule has 0 aromatic heterocycles. The lowest BCUT2D eigenvalue weighted by Crippen LogP contribution is -2.48. The summed E-state index contributed by atoms with van der Waals surface area (Å²) in [5.74, 6) is 3.72. The molecule has 0 aliphatic rings. The zero-order valence-corrected chi connectivity index (χ0v) is 17.6. The second-order valence-electron chi connectivity index (χ2n) is 7.48. The fourth-order valence-electron chi connectivity index (χ4n) is 2.21. The van der Waals surface area contributed by atoms with Crippen LogP contribution in [0.3, 0.4) is 0 Å². The van der Waals surface area contributed by atoms with E-state index in [1.165, 1.54) is 12.1 Å². The average molecular weight is 401 g/mol. The highest BCUT2D eigenvalue weighted by atomic mass is 19.1. The molecule has 0 radical (unpaired) electrons. The Labute approximate surface area is 172 Å². The van der Waals surface area contributed by atoms with E-state index in [2.05, 4.69) is 23.7 Å². The Hall–Kier alpha value is -2.71. The molecule has 0 saturated carbocycles. The van der Waals surface area contributed by atoms with Crippen molar-refractivity contribution in [1.82, 2.24) is 5.32 Å². The van der Waals surface area contributed by atoms with Crippen LogP contribution in [0.15, 0.2) is 54.2 Å². The van der Waals surface area contributed by atoms with Crippen molar-refractivity contribution in [2.45, 2.75) is 52.7 Å². The number of allylic oxidation sites excluding steroid dienone is 4. The maximum absolute atomic E-state index is 13.7. The third-order valence-electron chi connectivity index (χ3n) is 4.75. The molecule has 0 aliphatic carbocycles. The topological polar surface area (TPSA) is 49.3 Å². The standard InChI is InChI=1S/C24H29F2NO2/c1-7-16(3)21(23(28)27-17(4)24(5,6)29)14-10-18(8-2)9-11-19-12-13-20(25)15-22(19)26/h8,10,12-17,29H,2,7H2,1,3-6H3,(H,27,28). The number of aliphatic hydroxyl groups is 1. The molecule has 0 aliphatic heterocycles. The van der Waals surface area contributed by atoms with E-state index in [0.29, 0.717) is 11.1 Å². The van der Waals surface area contributed by atoms with Gasteiger partial charge in [-0.1, -0.05) is 44.4 Å². The molecule has 1 amide bonds. The summed E-state index contributed by atoms with van der Waals surface area (Å²) < 4.78 is 26.7. The van der Waals surface area contributed by atoms with Crippen molar-refractivity contribution in [3.05, 3.63) is 71.4 Å². The number of nitrogens with one attached hydrogen (secondary N) is 1. The number of amides is 1. The van der Waals surface area contributed by atoms with Crippen LogP contribution in [0.1, 0.15) is 46.6 Å². The summed E-state index contributed by atoms with van der Waals surface area (Å²) in [5, 5.41) is 12.9. The third-order valence-corrected chi connectivity index (χ3v) is 4.75. The molecule has 5 heteroatoms. The second-order valence-corrected chi connectivity index (χ2v) is 7.48. The van der Waals surface area contributed by atoms with E-state index in [1.54, 1.807) is 32.9 Å². The van der Waals surface area contributed by atoms with Crippen LogP contribution in [0.2, 0.25) is 0 Å². The van der Waals surface area contributed by atoms with E-state index in [-0.39, 0.29) is 17.4 Å². The number of benzene rings is 1. The van der Waals surface area contributed by atoms with Crippen molar-refractivity contribution in [3.8, 4) is 11.8 Å². The maximum Gasteiger partial charge on any atom is 0.247 e. The molecular weight excluding hydrogens is 372 g/mol. The molecule has 0 heterocycles. The SMILES string of the molecule is C=CC(C#Cc1ccc(F)cc1F)=CC=C(C(=O)NC(C)C(C)(C)O)C(C)CC. The smallest absolute Gasteiger partial charge is 0.247 e. The summed E-state index contributed by atoms with van der Waals surface area (Å²) in [6.45, 7) is 12.6. The molecule has 156 valence electrons. The van der Waals surface area contributed by atoms with Crippen LogP contribution in [-0.4, -0.2) is 22.7 Å². The van der Waals surface area contributed by atoms with Gasteiger partial charge in [0.05, 0.1) is 17.2 Å². The molecule has 1 aromatic rings. The number of carbonyl (C=O) groups excluding carboxylic acids is 1. The predicted molar refractivity (Wildman–Crippen MR) is 113 cm³/mol. The van der Waals surface area contributed by atoms with Gasteiger partial charge < -0.3 is 10.4 Å². The van der Waals surface area contributed by atoms with Crippen LogP contribution in [0.4, 0.5) is 8.78 Å². The largest absolute Gasteiger partial charge is 0.388 e. The second kappa shape index (κ2) is 10.7. The molecule has 3 nitrogen and oxygen atoms in total. The molecule has 0 saturated heterocycles. The van der Waals surface area contributed by atoms with Crippen LogP contribution >= 0.6 is 0 Å². The third kappa shape index (κ3) is 7.67. The van der Waals surface area contributed by atoms with Gasteiger partial charge in [0.15, 0.2) is 0 Å². The molecule has 0 fully saturated rings. The highest BCUT2D eigenvalue weighted by Gasteiger charge is 2.25. The summed E-state index contributed by atoms with van der Waals surface area (Å²) in [5.41, 5.74) is 0.0425. The number of hydrogen-bond acceptors (Lipinski definition) is 2. The Kier molecular flexibility index (Phi) is 9.00. The highest BCUT2D eigenvalue weighted by molar-refractivity contribution is 5.94. The van der Waals surface area contributed by atoms with Gasteiger partial charge in [0.1, 0.15) is 11.6 Å². The lowest BCUT2D eigenvalue weighted by Gasteiger charge is -2.27. The number of rotatable bonds is 7. The van der Waals surface area contributed by atoms with Gasteiger partial charge in [-0.2, -0.15) is 0 Å². The van der Waals surface area contributed by atoms with Gasteiger partial charge >= 0.3 is 0 Å².